The third-order valence-corrected chi connectivity index (χ3v) is 3.43. The topological polar surface area (TPSA) is 85.7 Å². The Labute approximate surface area is 147 Å². The Morgan fingerprint density at radius 2 is 1.88 bits per heavy atom. The molecule has 2 atom stereocenters. The first-order chi connectivity index (χ1) is 11.8. The lowest BCUT2D eigenvalue weighted by Crippen LogP contribution is -2.45. The maximum atomic E-state index is 5.76. The molecule has 1 aliphatic carbocycles. The lowest BCUT2D eigenvalue weighted by Gasteiger charge is -2.33. The Hall–Kier alpha value is -1.43. The highest BCUT2D eigenvalue weighted by Gasteiger charge is 2.27. The van der Waals surface area contributed by atoms with E-state index < -0.39 is 0 Å². The van der Waals surface area contributed by atoms with E-state index in [-0.39, 0.29) is 6.04 Å². The van der Waals surface area contributed by atoms with Gasteiger partial charge in [0.15, 0.2) is 0 Å². The molecule has 5 heteroatoms. The second-order valence-electron chi connectivity index (χ2n) is 5.35. The summed E-state index contributed by atoms with van der Waals surface area (Å²) in [6.45, 7) is 9.55. The zero-order chi connectivity index (χ0) is 18.0. The van der Waals surface area contributed by atoms with Gasteiger partial charge in [0, 0.05) is 12.6 Å². The molecule has 5 nitrogen and oxygen atoms in total. The fourth-order valence-corrected chi connectivity index (χ4v) is 1.80. The van der Waals surface area contributed by atoms with Gasteiger partial charge in [0.25, 0.3) is 0 Å². The molecule has 0 spiro atoms. The molecular weight excluding hydrogens is 300 g/mol. The first-order valence-corrected chi connectivity index (χ1v) is 9.10. The van der Waals surface area contributed by atoms with Crippen LogP contribution in [0, 0.1) is 0 Å². The van der Waals surface area contributed by atoms with E-state index in [1.54, 1.807) is 6.34 Å². The molecule has 1 aromatic carbocycles. The van der Waals surface area contributed by atoms with E-state index in [2.05, 4.69) is 29.4 Å². The van der Waals surface area contributed by atoms with Crippen molar-refractivity contribution in [3.05, 3.63) is 35.9 Å². The molecule has 2 aliphatic rings. The fourth-order valence-electron chi connectivity index (χ4n) is 1.80. The molecule has 2 unspecified atom stereocenters. The van der Waals surface area contributed by atoms with Gasteiger partial charge in [-0.3, -0.25) is 4.99 Å². The average molecular weight is 337 g/mol. The lowest BCUT2D eigenvalue weighted by atomic mass is 9.90. The van der Waals surface area contributed by atoms with Crippen LogP contribution in [0.1, 0.15) is 45.6 Å². The number of ether oxygens (including phenoxy) is 1. The van der Waals surface area contributed by atoms with Gasteiger partial charge in [0.05, 0.1) is 25.6 Å². The Bertz CT molecular complexity index is 390. The van der Waals surface area contributed by atoms with E-state index >= 15 is 0 Å². The van der Waals surface area contributed by atoms with Gasteiger partial charge in [-0.1, -0.05) is 51.1 Å². The Kier molecular flexibility index (Phi) is 15.4. The summed E-state index contributed by atoms with van der Waals surface area (Å²) >= 11 is 0. The number of rotatable bonds is 4. The van der Waals surface area contributed by atoms with Gasteiger partial charge in [-0.2, -0.15) is 0 Å². The van der Waals surface area contributed by atoms with Gasteiger partial charge in [-0.15, -0.1) is 0 Å². The van der Waals surface area contributed by atoms with Crippen molar-refractivity contribution in [2.75, 3.05) is 19.6 Å². The van der Waals surface area contributed by atoms with Crippen LogP contribution in [0.25, 0.3) is 0 Å². The maximum absolute atomic E-state index is 5.76. The highest BCUT2D eigenvalue weighted by atomic mass is 16.5. The zero-order valence-corrected chi connectivity index (χ0v) is 15.6. The normalized spacial score (nSPS) is 20.0. The molecule has 3 rings (SSSR count). The summed E-state index contributed by atoms with van der Waals surface area (Å²) in [5, 5.41) is 2.93. The number of benzene rings is 1. The van der Waals surface area contributed by atoms with Crippen LogP contribution in [0.2, 0.25) is 0 Å². The molecule has 1 fully saturated rings. The number of aliphatic imine (C=N–C) groups is 1. The highest BCUT2D eigenvalue weighted by Crippen LogP contribution is 2.22. The van der Waals surface area contributed by atoms with Gasteiger partial charge < -0.3 is 21.5 Å². The smallest absolute Gasteiger partial charge is 0.0825 e. The summed E-state index contributed by atoms with van der Waals surface area (Å²) in [5.41, 5.74) is 12.0. The average Bonchev–Trinajstić information content (AvgIpc) is 3.23. The van der Waals surface area contributed by atoms with Crippen LogP contribution in [-0.2, 0) is 11.3 Å². The van der Waals surface area contributed by atoms with Gasteiger partial charge >= 0.3 is 0 Å². The largest absolute Gasteiger partial charge is 0.375 e. The van der Waals surface area contributed by atoms with E-state index in [9.17, 15) is 0 Å². The number of nitrogens with two attached hydrogens (primary N) is 2. The van der Waals surface area contributed by atoms with Gasteiger partial charge in [0.1, 0.15) is 0 Å². The van der Waals surface area contributed by atoms with Crippen LogP contribution < -0.4 is 16.8 Å². The molecule has 1 saturated carbocycles. The van der Waals surface area contributed by atoms with E-state index in [1.807, 2.05) is 32.0 Å². The van der Waals surface area contributed by atoms with Crippen LogP contribution in [-0.4, -0.2) is 38.1 Å². The summed E-state index contributed by atoms with van der Waals surface area (Å²) in [5.74, 6) is 0. The minimum atomic E-state index is 0.267. The molecule has 138 valence electrons. The molecule has 5 N–H and O–H groups in total. The maximum Gasteiger partial charge on any atom is 0.0825 e. The molecule has 0 aromatic heterocycles. The van der Waals surface area contributed by atoms with Crippen molar-refractivity contribution in [2.45, 2.75) is 58.8 Å². The van der Waals surface area contributed by atoms with E-state index in [4.69, 9.17) is 16.2 Å². The van der Waals surface area contributed by atoms with Crippen molar-refractivity contribution in [1.82, 2.24) is 5.32 Å². The molecule has 0 saturated heterocycles. The van der Waals surface area contributed by atoms with Crippen LogP contribution in [0.4, 0.5) is 0 Å². The third-order valence-electron chi connectivity index (χ3n) is 3.43. The summed E-state index contributed by atoms with van der Waals surface area (Å²) in [4.78, 5) is 3.85. The Balaban J connectivity index is 0.000000398. The molecule has 0 bridgehead atoms. The summed E-state index contributed by atoms with van der Waals surface area (Å²) in [6, 6.07) is 10.5. The summed E-state index contributed by atoms with van der Waals surface area (Å²) in [7, 11) is 0. The second-order valence-corrected chi connectivity index (χ2v) is 5.35. The first kappa shape index (κ1) is 22.6. The van der Waals surface area contributed by atoms with Crippen molar-refractivity contribution in [2.24, 2.45) is 16.5 Å². The monoisotopic (exact) mass is 336 g/mol. The molecule has 1 aliphatic heterocycles. The molecular formula is C19H36N4O. The lowest BCUT2D eigenvalue weighted by molar-refractivity contribution is -0.0245. The summed E-state index contributed by atoms with van der Waals surface area (Å²) < 4.78 is 5.65. The highest BCUT2D eigenvalue weighted by molar-refractivity contribution is 5.56. The SMILES string of the molecule is C1=NCCN1.CC.CCCN.NC1CCC1OCc1ccccc1. The van der Waals surface area contributed by atoms with Crippen LogP contribution >= 0.6 is 0 Å². The van der Waals surface area contributed by atoms with Gasteiger partial charge in [0.2, 0.25) is 0 Å². The van der Waals surface area contributed by atoms with E-state index in [1.165, 1.54) is 5.56 Å². The standard InChI is InChI=1S/C11H15NO.C3H6N2.C3H9N.C2H6/c12-10-6-7-11(10)13-8-9-4-2-1-3-5-9;1-2-5-3-4-1;1-2-3-4;1-2/h1-5,10-11H,6-8,12H2;3H,1-2H2,(H,4,5);2-4H2,1H3;1-2H3. The van der Waals surface area contributed by atoms with Gasteiger partial charge in [-0.05, 0) is 31.4 Å². The minimum Gasteiger partial charge on any atom is -0.375 e. The first-order valence-electron chi connectivity index (χ1n) is 9.10. The number of nitrogens with one attached hydrogen (secondary N) is 1. The minimum absolute atomic E-state index is 0.267. The molecule has 0 radical (unpaired) electrons. The van der Waals surface area contributed by atoms with Crippen molar-refractivity contribution in [3.8, 4) is 0 Å². The van der Waals surface area contributed by atoms with Gasteiger partial charge in [-0.25, -0.2) is 0 Å². The van der Waals surface area contributed by atoms with Crippen LogP contribution in [0.3, 0.4) is 0 Å². The van der Waals surface area contributed by atoms with Crippen molar-refractivity contribution in [3.63, 3.8) is 0 Å². The Morgan fingerprint density at radius 3 is 2.21 bits per heavy atom. The molecule has 1 aromatic rings. The third kappa shape index (κ3) is 11.2. The molecule has 0 amide bonds. The molecule has 1 heterocycles. The fraction of sp³-hybridized carbons (Fsp3) is 0.632. The van der Waals surface area contributed by atoms with Crippen molar-refractivity contribution in [1.29, 1.82) is 0 Å². The predicted molar refractivity (Wildman–Crippen MR) is 104 cm³/mol. The van der Waals surface area contributed by atoms with Crippen molar-refractivity contribution >= 4 is 6.34 Å². The molecule has 24 heavy (non-hydrogen) atoms. The number of hydrogen-bond acceptors (Lipinski definition) is 5. The van der Waals surface area contributed by atoms with E-state index in [0.717, 1.165) is 38.9 Å². The quantitative estimate of drug-likeness (QED) is 0.789. The number of nitrogens with zero attached hydrogens (tertiary/aromatic N) is 1. The van der Waals surface area contributed by atoms with Crippen LogP contribution in [0.15, 0.2) is 35.3 Å². The second kappa shape index (κ2) is 16.4. The summed E-state index contributed by atoms with van der Waals surface area (Å²) in [6.07, 6.45) is 5.35. The van der Waals surface area contributed by atoms with E-state index in [0.29, 0.717) is 12.7 Å². The Morgan fingerprint density at radius 1 is 1.21 bits per heavy atom. The zero-order valence-electron chi connectivity index (χ0n) is 15.6. The number of hydrogen-bond donors (Lipinski definition) is 3. The van der Waals surface area contributed by atoms with Crippen molar-refractivity contribution < 1.29 is 4.74 Å². The predicted octanol–water partition coefficient (Wildman–Crippen LogP) is 2.69. The van der Waals surface area contributed by atoms with Crippen LogP contribution in [0.5, 0.6) is 0 Å².